The second-order valence-corrected chi connectivity index (χ2v) is 6.71. The van der Waals surface area contributed by atoms with Crippen molar-refractivity contribution in [1.82, 2.24) is 24.5 Å². The Labute approximate surface area is 150 Å². The molecule has 0 bridgehead atoms. The number of benzene rings is 1. The summed E-state index contributed by atoms with van der Waals surface area (Å²) in [5, 5.41) is 10.0. The quantitative estimate of drug-likeness (QED) is 0.722. The maximum absolute atomic E-state index is 12.9. The third-order valence-electron chi connectivity index (χ3n) is 4.95. The number of amides is 1. The first-order valence-electron chi connectivity index (χ1n) is 8.87. The fourth-order valence-corrected chi connectivity index (χ4v) is 3.61. The van der Waals surface area contributed by atoms with Crippen LogP contribution in [0.15, 0.2) is 47.5 Å². The lowest BCUT2D eigenvalue weighted by Crippen LogP contribution is -2.42. The first-order chi connectivity index (χ1) is 12.6. The molecule has 3 aromatic rings. The monoisotopic (exact) mass is 351 g/mol. The molecule has 3 heterocycles. The van der Waals surface area contributed by atoms with Gasteiger partial charge in [0.2, 0.25) is 5.91 Å². The second kappa shape index (κ2) is 6.74. The van der Waals surface area contributed by atoms with Crippen LogP contribution in [0.1, 0.15) is 31.0 Å². The molecule has 2 aromatic heterocycles. The Hall–Kier alpha value is -2.96. The molecule has 0 spiro atoms. The summed E-state index contributed by atoms with van der Waals surface area (Å²) in [5.74, 6) is -0.0924. The fraction of sp³-hybridized carbons (Fsp3) is 0.368. The molecule has 1 aliphatic rings. The van der Waals surface area contributed by atoms with Gasteiger partial charge >= 0.3 is 0 Å². The maximum Gasteiger partial charge on any atom is 0.275 e. The average Bonchev–Trinajstić information content (AvgIpc) is 3.10. The molecular weight excluding hydrogens is 330 g/mol. The Bertz CT molecular complexity index is 1010. The smallest absolute Gasteiger partial charge is 0.275 e. The van der Waals surface area contributed by atoms with Gasteiger partial charge < -0.3 is 4.90 Å². The van der Waals surface area contributed by atoms with Crippen LogP contribution in [0.25, 0.3) is 10.8 Å². The predicted molar refractivity (Wildman–Crippen MR) is 97.5 cm³/mol. The topological polar surface area (TPSA) is 73.0 Å². The van der Waals surface area contributed by atoms with Crippen LogP contribution in [-0.4, -0.2) is 36.9 Å². The highest BCUT2D eigenvalue weighted by Gasteiger charge is 2.29. The van der Waals surface area contributed by atoms with Crippen molar-refractivity contribution in [2.75, 3.05) is 6.54 Å². The summed E-state index contributed by atoms with van der Waals surface area (Å²) in [6.45, 7) is 0.634. The summed E-state index contributed by atoms with van der Waals surface area (Å²) < 4.78 is 3.01. The predicted octanol–water partition coefficient (Wildman–Crippen LogP) is 1.88. The zero-order valence-corrected chi connectivity index (χ0v) is 14.7. The molecule has 1 fully saturated rings. The first kappa shape index (κ1) is 16.5. The van der Waals surface area contributed by atoms with Gasteiger partial charge in [-0.05, 0) is 31.4 Å². The van der Waals surface area contributed by atoms with Gasteiger partial charge in [0.05, 0.1) is 23.3 Å². The van der Waals surface area contributed by atoms with Crippen molar-refractivity contribution in [3.63, 3.8) is 0 Å². The zero-order chi connectivity index (χ0) is 18.1. The fourth-order valence-electron chi connectivity index (χ4n) is 3.61. The average molecular weight is 351 g/mol. The van der Waals surface area contributed by atoms with Crippen LogP contribution >= 0.6 is 0 Å². The number of fused-ring (bicyclic) bond motifs is 1. The van der Waals surface area contributed by atoms with Crippen molar-refractivity contribution < 1.29 is 4.79 Å². The summed E-state index contributed by atoms with van der Waals surface area (Å²) in [6, 6.07) is 9.21. The Morgan fingerprint density at radius 1 is 1.23 bits per heavy atom. The number of piperidine rings is 1. The first-order valence-corrected chi connectivity index (χ1v) is 8.87. The number of hydrogen-bond donors (Lipinski definition) is 0. The number of carbonyl (C=O) groups excluding carboxylic acids is 1. The van der Waals surface area contributed by atoms with Gasteiger partial charge in [-0.2, -0.15) is 10.2 Å². The van der Waals surface area contributed by atoms with Crippen molar-refractivity contribution in [2.45, 2.75) is 31.8 Å². The SMILES string of the molecule is Cn1ccc([C@H]2CCCCN2C(=O)Cn2ncc3ccccc3c2=O)n1. The molecule has 26 heavy (non-hydrogen) atoms. The van der Waals surface area contributed by atoms with Gasteiger partial charge in [0, 0.05) is 25.2 Å². The van der Waals surface area contributed by atoms with E-state index in [9.17, 15) is 9.59 Å². The number of rotatable bonds is 3. The van der Waals surface area contributed by atoms with Gasteiger partial charge in [-0.3, -0.25) is 14.3 Å². The molecule has 7 heteroatoms. The highest BCUT2D eigenvalue weighted by atomic mass is 16.2. The molecule has 7 nitrogen and oxygen atoms in total. The van der Waals surface area contributed by atoms with Crippen LogP contribution in [0.3, 0.4) is 0 Å². The molecular formula is C19H21N5O2. The van der Waals surface area contributed by atoms with E-state index in [1.165, 1.54) is 4.68 Å². The van der Waals surface area contributed by atoms with Gasteiger partial charge in [0.15, 0.2) is 0 Å². The molecule has 0 radical (unpaired) electrons. The molecule has 1 aromatic carbocycles. The maximum atomic E-state index is 12.9. The van der Waals surface area contributed by atoms with Gasteiger partial charge in [0.1, 0.15) is 6.54 Å². The third kappa shape index (κ3) is 3.00. The minimum absolute atomic E-state index is 0.0337. The van der Waals surface area contributed by atoms with Crippen LogP contribution in [0.2, 0.25) is 0 Å². The molecule has 1 atom stereocenters. The van der Waals surface area contributed by atoms with E-state index in [0.29, 0.717) is 11.9 Å². The van der Waals surface area contributed by atoms with Crippen molar-refractivity contribution >= 4 is 16.7 Å². The summed E-state index contributed by atoms with van der Waals surface area (Å²) in [6.07, 6.45) is 6.45. The van der Waals surface area contributed by atoms with Crippen molar-refractivity contribution in [3.05, 3.63) is 58.8 Å². The van der Waals surface area contributed by atoms with Crippen molar-refractivity contribution in [2.24, 2.45) is 7.05 Å². The van der Waals surface area contributed by atoms with Gasteiger partial charge in [-0.15, -0.1) is 0 Å². The molecule has 1 saturated heterocycles. The standard InChI is InChI=1S/C19H21N5O2/c1-22-11-9-16(21-22)17-8-4-5-10-23(17)18(25)13-24-19(26)15-7-3-2-6-14(15)12-20-24/h2-3,6-7,9,11-12,17H,4-5,8,10,13H2,1H3/t17-/m1/s1. The molecule has 0 N–H and O–H groups in total. The van der Waals surface area contributed by atoms with Crippen molar-refractivity contribution in [3.8, 4) is 0 Å². The number of aryl methyl sites for hydroxylation is 1. The van der Waals surface area contributed by atoms with Crippen LogP contribution in [0, 0.1) is 0 Å². The Balaban J connectivity index is 1.60. The van der Waals surface area contributed by atoms with E-state index in [1.54, 1.807) is 16.9 Å². The lowest BCUT2D eigenvalue weighted by Gasteiger charge is -2.34. The molecule has 134 valence electrons. The lowest BCUT2D eigenvalue weighted by atomic mass is 9.99. The van der Waals surface area contributed by atoms with E-state index in [2.05, 4.69) is 10.2 Å². The largest absolute Gasteiger partial charge is 0.332 e. The molecule has 0 unspecified atom stereocenters. The van der Waals surface area contributed by atoms with Crippen LogP contribution in [0.5, 0.6) is 0 Å². The highest BCUT2D eigenvalue weighted by Crippen LogP contribution is 2.29. The van der Waals surface area contributed by atoms with E-state index >= 15 is 0 Å². The Kier molecular flexibility index (Phi) is 4.28. The van der Waals surface area contributed by atoms with E-state index in [0.717, 1.165) is 30.3 Å². The normalized spacial score (nSPS) is 17.6. The zero-order valence-electron chi connectivity index (χ0n) is 14.7. The van der Waals surface area contributed by atoms with Gasteiger partial charge in [-0.25, -0.2) is 4.68 Å². The van der Waals surface area contributed by atoms with Crippen LogP contribution in [0.4, 0.5) is 0 Å². The summed E-state index contributed by atoms with van der Waals surface area (Å²) >= 11 is 0. The summed E-state index contributed by atoms with van der Waals surface area (Å²) in [5.41, 5.74) is 0.669. The number of hydrogen-bond acceptors (Lipinski definition) is 4. The molecule has 1 amide bonds. The van der Waals surface area contributed by atoms with Crippen LogP contribution in [-0.2, 0) is 18.4 Å². The van der Waals surface area contributed by atoms with E-state index < -0.39 is 0 Å². The molecule has 0 aliphatic carbocycles. The Morgan fingerprint density at radius 3 is 2.88 bits per heavy atom. The minimum Gasteiger partial charge on any atom is -0.332 e. The number of carbonyl (C=O) groups is 1. The molecule has 1 aliphatic heterocycles. The highest BCUT2D eigenvalue weighted by molar-refractivity contribution is 5.81. The number of likely N-dealkylation sites (tertiary alicyclic amines) is 1. The third-order valence-corrected chi connectivity index (χ3v) is 4.95. The summed E-state index contributed by atoms with van der Waals surface area (Å²) in [7, 11) is 1.87. The number of nitrogens with zero attached hydrogens (tertiary/aromatic N) is 5. The van der Waals surface area contributed by atoms with Crippen molar-refractivity contribution in [1.29, 1.82) is 0 Å². The molecule has 4 rings (SSSR count). The van der Waals surface area contributed by atoms with E-state index in [4.69, 9.17) is 0 Å². The van der Waals surface area contributed by atoms with E-state index in [-0.39, 0.29) is 24.1 Å². The van der Waals surface area contributed by atoms with Gasteiger partial charge in [-0.1, -0.05) is 18.2 Å². The Morgan fingerprint density at radius 2 is 2.08 bits per heavy atom. The van der Waals surface area contributed by atoms with E-state index in [1.807, 2.05) is 42.4 Å². The van der Waals surface area contributed by atoms with Gasteiger partial charge in [0.25, 0.3) is 5.56 Å². The summed E-state index contributed by atoms with van der Waals surface area (Å²) in [4.78, 5) is 27.4. The minimum atomic E-state index is -0.233. The number of aromatic nitrogens is 4. The van der Waals surface area contributed by atoms with Crippen LogP contribution < -0.4 is 5.56 Å². The second-order valence-electron chi connectivity index (χ2n) is 6.71. The lowest BCUT2D eigenvalue weighted by molar-refractivity contribution is -0.136. The molecule has 0 saturated carbocycles.